The summed E-state index contributed by atoms with van der Waals surface area (Å²) in [6, 6.07) is 5.39. The third-order valence-corrected chi connectivity index (χ3v) is 4.74. The molecule has 0 radical (unpaired) electrons. The number of alkyl halides is 3. The summed E-state index contributed by atoms with van der Waals surface area (Å²) in [6.45, 7) is 1.37. The standard InChI is InChI=1S/C15H15F4N3O2S/c1-10(22-8-6-13(21-22)15(17,18)19)14(23)20-7-9-25(24)12-5-3-2-4-11(12)16/h2-6,8,10H,7,9H2,1H3,(H,20,23). The molecular weight excluding hydrogens is 362 g/mol. The third-order valence-electron chi connectivity index (χ3n) is 3.34. The van der Waals surface area contributed by atoms with Gasteiger partial charge in [-0.05, 0) is 25.1 Å². The number of hydrogen-bond donors (Lipinski definition) is 1. The largest absolute Gasteiger partial charge is 0.435 e. The molecule has 1 aromatic carbocycles. The van der Waals surface area contributed by atoms with Gasteiger partial charge in [-0.2, -0.15) is 18.3 Å². The van der Waals surface area contributed by atoms with Gasteiger partial charge in [0.2, 0.25) is 5.91 Å². The fourth-order valence-corrected chi connectivity index (χ4v) is 3.00. The van der Waals surface area contributed by atoms with Crippen LogP contribution in [0, 0.1) is 5.82 Å². The van der Waals surface area contributed by atoms with Crippen molar-refractivity contribution < 1.29 is 26.6 Å². The van der Waals surface area contributed by atoms with Crippen LogP contribution in [-0.4, -0.2) is 32.2 Å². The molecule has 10 heteroatoms. The molecule has 0 aliphatic heterocycles. The summed E-state index contributed by atoms with van der Waals surface area (Å²) in [7, 11) is -1.64. The van der Waals surface area contributed by atoms with Gasteiger partial charge in [-0.3, -0.25) is 13.7 Å². The molecule has 2 atom stereocenters. The molecule has 0 saturated heterocycles. The minimum atomic E-state index is -4.59. The van der Waals surface area contributed by atoms with Gasteiger partial charge >= 0.3 is 6.18 Å². The second kappa shape index (κ2) is 7.77. The van der Waals surface area contributed by atoms with Crippen molar-refractivity contribution in [3.05, 3.63) is 48.0 Å². The second-order valence-corrected chi connectivity index (χ2v) is 6.66. The number of aromatic nitrogens is 2. The van der Waals surface area contributed by atoms with Gasteiger partial charge in [0.1, 0.15) is 11.9 Å². The van der Waals surface area contributed by atoms with Gasteiger partial charge in [-0.15, -0.1) is 0 Å². The summed E-state index contributed by atoms with van der Waals surface area (Å²) in [5.74, 6) is -1.20. The lowest BCUT2D eigenvalue weighted by atomic mass is 10.3. The predicted molar refractivity (Wildman–Crippen MR) is 82.6 cm³/mol. The number of amides is 1. The summed E-state index contributed by atoms with van der Waals surface area (Å²) in [6.07, 6.45) is -3.53. The van der Waals surface area contributed by atoms with Crippen LogP contribution >= 0.6 is 0 Å². The van der Waals surface area contributed by atoms with Gasteiger partial charge in [-0.25, -0.2) is 4.39 Å². The van der Waals surface area contributed by atoms with Crippen molar-refractivity contribution in [1.82, 2.24) is 15.1 Å². The maximum absolute atomic E-state index is 13.5. The Morgan fingerprint density at radius 3 is 2.60 bits per heavy atom. The lowest BCUT2D eigenvalue weighted by Gasteiger charge is -2.13. The van der Waals surface area contributed by atoms with Crippen LogP contribution in [0.25, 0.3) is 0 Å². The van der Waals surface area contributed by atoms with E-state index in [2.05, 4.69) is 10.4 Å². The van der Waals surface area contributed by atoms with Crippen molar-refractivity contribution in [1.29, 1.82) is 0 Å². The van der Waals surface area contributed by atoms with Crippen molar-refractivity contribution in [2.75, 3.05) is 12.3 Å². The van der Waals surface area contributed by atoms with E-state index in [4.69, 9.17) is 0 Å². The normalized spacial score (nSPS) is 14.1. The van der Waals surface area contributed by atoms with Crippen LogP contribution in [0.3, 0.4) is 0 Å². The molecule has 0 aliphatic rings. The van der Waals surface area contributed by atoms with E-state index in [1.807, 2.05) is 0 Å². The predicted octanol–water partition coefficient (Wildman–Crippen LogP) is 2.53. The summed E-state index contributed by atoms with van der Waals surface area (Å²) in [4.78, 5) is 12.0. The molecule has 0 spiro atoms. The summed E-state index contributed by atoms with van der Waals surface area (Å²) >= 11 is 0. The van der Waals surface area contributed by atoms with Crippen LogP contribution in [0.5, 0.6) is 0 Å². The minimum Gasteiger partial charge on any atom is -0.353 e. The van der Waals surface area contributed by atoms with Gasteiger partial charge in [0.05, 0.1) is 15.7 Å². The first-order chi connectivity index (χ1) is 11.7. The van der Waals surface area contributed by atoms with Crippen LogP contribution in [0.2, 0.25) is 0 Å². The van der Waals surface area contributed by atoms with E-state index >= 15 is 0 Å². The molecule has 1 aromatic heterocycles. The average molecular weight is 377 g/mol. The van der Waals surface area contributed by atoms with Crippen molar-refractivity contribution in [3.8, 4) is 0 Å². The highest BCUT2D eigenvalue weighted by atomic mass is 32.2. The lowest BCUT2D eigenvalue weighted by Crippen LogP contribution is -2.34. The van der Waals surface area contributed by atoms with Crippen LogP contribution in [0.15, 0.2) is 41.4 Å². The van der Waals surface area contributed by atoms with Crippen molar-refractivity contribution in [3.63, 3.8) is 0 Å². The Hall–Kier alpha value is -2.23. The molecule has 2 rings (SSSR count). The number of halogens is 4. The molecule has 1 amide bonds. The van der Waals surface area contributed by atoms with E-state index in [9.17, 15) is 26.6 Å². The number of carbonyl (C=O) groups is 1. The molecule has 0 saturated carbocycles. The Balaban J connectivity index is 1.89. The van der Waals surface area contributed by atoms with E-state index in [0.29, 0.717) is 0 Å². The zero-order valence-corrected chi connectivity index (χ0v) is 13.9. The van der Waals surface area contributed by atoms with Crippen LogP contribution < -0.4 is 5.32 Å². The first-order valence-corrected chi connectivity index (χ1v) is 8.55. The fraction of sp³-hybridized carbons (Fsp3) is 0.333. The smallest absolute Gasteiger partial charge is 0.353 e. The Kier molecular flexibility index (Phi) is 5.93. The number of carbonyl (C=O) groups excluding carboxylic acids is 1. The molecule has 25 heavy (non-hydrogen) atoms. The van der Waals surface area contributed by atoms with Crippen LogP contribution in [0.4, 0.5) is 17.6 Å². The summed E-state index contributed by atoms with van der Waals surface area (Å²) in [5, 5.41) is 5.78. The van der Waals surface area contributed by atoms with Crippen molar-refractivity contribution in [2.45, 2.75) is 24.0 Å². The molecule has 136 valence electrons. The molecule has 2 unspecified atom stereocenters. The molecule has 1 N–H and O–H groups in total. The zero-order chi connectivity index (χ0) is 18.6. The van der Waals surface area contributed by atoms with Gasteiger partial charge in [0.25, 0.3) is 0 Å². The number of hydrogen-bond acceptors (Lipinski definition) is 3. The quantitative estimate of drug-likeness (QED) is 0.787. The molecule has 0 bridgehead atoms. The average Bonchev–Trinajstić information content (AvgIpc) is 3.04. The molecule has 2 aromatic rings. The van der Waals surface area contributed by atoms with E-state index in [-0.39, 0.29) is 17.2 Å². The monoisotopic (exact) mass is 377 g/mol. The summed E-state index contributed by atoms with van der Waals surface area (Å²) < 4.78 is 63.9. The summed E-state index contributed by atoms with van der Waals surface area (Å²) in [5.41, 5.74) is -1.09. The minimum absolute atomic E-state index is 0.0164. The maximum atomic E-state index is 13.5. The number of nitrogens with zero attached hydrogens (tertiary/aromatic N) is 2. The number of benzene rings is 1. The first-order valence-electron chi connectivity index (χ1n) is 7.23. The molecule has 1 heterocycles. The zero-order valence-electron chi connectivity index (χ0n) is 13.1. The number of nitrogens with one attached hydrogen (secondary N) is 1. The SMILES string of the molecule is CC(C(=O)NCCS(=O)c1ccccc1F)n1ccc(C(F)(F)F)n1. The first kappa shape index (κ1) is 19.1. The van der Waals surface area contributed by atoms with Gasteiger partial charge in [0.15, 0.2) is 5.69 Å². The highest BCUT2D eigenvalue weighted by molar-refractivity contribution is 7.85. The molecule has 0 fully saturated rings. The van der Waals surface area contributed by atoms with E-state index in [1.165, 1.54) is 25.1 Å². The van der Waals surface area contributed by atoms with E-state index in [0.717, 1.165) is 16.9 Å². The number of rotatable bonds is 6. The fourth-order valence-electron chi connectivity index (χ4n) is 1.98. The lowest BCUT2D eigenvalue weighted by molar-refractivity contribution is -0.142. The molecule has 0 aliphatic carbocycles. The van der Waals surface area contributed by atoms with E-state index in [1.54, 1.807) is 6.07 Å². The van der Waals surface area contributed by atoms with Crippen molar-refractivity contribution in [2.24, 2.45) is 0 Å². The van der Waals surface area contributed by atoms with E-state index < -0.39 is 40.4 Å². The Morgan fingerprint density at radius 1 is 1.32 bits per heavy atom. The maximum Gasteiger partial charge on any atom is 0.435 e. The van der Waals surface area contributed by atoms with Crippen LogP contribution in [-0.2, 0) is 21.8 Å². The highest BCUT2D eigenvalue weighted by Crippen LogP contribution is 2.27. The van der Waals surface area contributed by atoms with Gasteiger partial charge in [0, 0.05) is 18.5 Å². The topological polar surface area (TPSA) is 64.0 Å². The Morgan fingerprint density at radius 2 is 2.00 bits per heavy atom. The van der Waals surface area contributed by atoms with Gasteiger partial charge in [-0.1, -0.05) is 12.1 Å². The van der Waals surface area contributed by atoms with Crippen molar-refractivity contribution >= 4 is 16.7 Å². The van der Waals surface area contributed by atoms with Gasteiger partial charge < -0.3 is 5.32 Å². The molecular formula is C15H15F4N3O2S. The molecule has 5 nitrogen and oxygen atoms in total. The second-order valence-electron chi connectivity index (χ2n) is 5.13. The third kappa shape index (κ3) is 4.88. The van der Waals surface area contributed by atoms with Crippen LogP contribution in [0.1, 0.15) is 18.7 Å². The Bertz CT molecular complexity index is 776. The Labute approximate surface area is 143 Å². The highest BCUT2D eigenvalue weighted by Gasteiger charge is 2.34.